The van der Waals surface area contributed by atoms with Crippen molar-refractivity contribution in [3.8, 4) is 11.1 Å². The van der Waals surface area contributed by atoms with Crippen LogP contribution in [0, 0.1) is 5.82 Å². The van der Waals surface area contributed by atoms with Crippen LogP contribution in [-0.4, -0.2) is 47.7 Å². The van der Waals surface area contributed by atoms with Crippen LogP contribution in [0.25, 0.3) is 11.1 Å². The van der Waals surface area contributed by atoms with E-state index >= 15 is 0 Å². The first-order valence-electron chi connectivity index (χ1n) is 8.33. The normalized spacial score (nSPS) is 19.1. The summed E-state index contributed by atoms with van der Waals surface area (Å²) < 4.78 is 20.0. The van der Waals surface area contributed by atoms with Gasteiger partial charge < -0.3 is 25.2 Å². The van der Waals surface area contributed by atoms with E-state index in [0.29, 0.717) is 23.4 Å². The Balaban J connectivity index is 1.76. The van der Waals surface area contributed by atoms with Gasteiger partial charge >= 0.3 is 5.97 Å². The summed E-state index contributed by atoms with van der Waals surface area (Å²) in [7, 11) is 0. The second-order valence-corrected chi connectivity index (χ2v) is 6.22. The summed E-state index contributed by atoms with van der Waals surface area (Å²) in [5, 5.41) is 21.6. The number of aromatic carboxylic acids is 1. The van der Waals surface area contributed by atoms with Gasteiger partial charge in [-0.15, -0.1) is 0 Å². The third-order valence-electron chi connectivity index (χ3n) is 4.29. The van der Waals surface area contributed by atoms with Gasteiger partial charge in [-0.25, -0.2) is 9.18 Å². The number of carboxylic acid groups (broad SMARTS) is 1. The molecule has 8 heteroatoms. The Hall–Kier alpha value is -2.97. The zero-order chi connectivity index (χ0) is 19.6. The second-order valence-electron chi connectivity index (χ2n) is 6.22. The number of carbonyl (C=O) groups is 2. The molecule has 1 heterocycles. The summed E-state index contributed by atoms with van der Waals surface area (Å²) in [4.78, 5) is 23.4. The SMILES string of the molecule is CC(=O)NC[C@H]1CN(c2ccc(-c3ccc(C(=O)O)cc3)c(F)c2)C(O)O1. The molecule has 2 atom stereocenters. The topological polar surface area (TPSA) is 99.1 Å². The number of amides is 1. The molecule has 1 fully saturated rings. The lowest BCUT2D eigenvalue weighted by Gasteiger charge is -2.21. The standard InChI is InChI=1S/C19H19FN2O5/c1-11(23)21-9-15-10-22(19(26)27-15)14-6-7-16(17(20)8-14)12-2-4-13(5-3-12)18(24)25/h2-8,15,19,26H,9-10H2,1H3,(H,21,23)(H,24,25)/t15-,19?/m0/s1. The van der Waals surface area contributed by atoms with Crippen molar-refractivity contribution in [3.05, 3.63) is 53.8 Å². The largest absolute Gasteiger partial charge is 0.478 e. The molecule has 1 aliphatic heterocycles. The number of anilines is 1. The van der Waals surface area contributed by atoms with Crippen molar-refractivity contribution in [1.29, 1.82) is 0 Å². The number of carboxylic acids is 1. The Morgan fingerprint density at radius 1 is 1.26 bits per heavy atom. The molecule has 142 valence electrons. The van der Waals surface area contributed by atoms with E-state index in [1.807, 2.05) is 0 Å². The van der Waals surface area contributed by atoms with Gasteiger partial charge in [-0.2, -0.15) is 0 Å². The molecule has 27 heavy (non-hydrogen) atoms. The molecule has 1 saturated heterocycles. The van der Waals surface area contributed by atoms with Crippen LogP contribution in [0.2, 0.25) is 0 Å². The van der Waals surface area contributed by atoms with Gasteiger partial charge in [0.25, 0.3) is 0 Å². The molecule has 2 aromatic rings. The molecule has 0 aliphatic carbocycles. The second kappa shape index (κ2) is 7.73. The van der Waals surface area contributed by atoms with E-state index in [9.17, 15) is 19.1 Å². The molecule has 7 nitrogen and oxygen atoms in total. The fourth-order valence-electron chi connectivity index (χ4n) is 2.91. The molecule has 0 saturated carbocycles. The summed E-state index contributed by atoms with van der Waals surface area (Å²) in [6.45, 7) is 1.94. The average Bonchev–Trinajstić information content (AvgIpc) is 3.01. The van der Waals surface area contributed by atoms with E-state index in [-0.39, 0.29) is 18.0 Å². The van der Waals surface area contributed by atoms with E-state index in [2.05, 4.69) is 5.32 Å². The van der Waals surface area contributed by atoms with Gasteiger partial charge in [-0.1, -0.05) is 12.1 Å². The zero-order valence-corrected chi connectivity index (χ0v) is 14.6. The number of nitrogens with zero attached hydrogens (tertiary/aromatic N) is 1. The van der Waals surface area contributed by atoms with Crippen molar-refractivity contribution in [2.45, 2.75) is 19.4 Å². The van der Waals surface area contributed by atoms with Gasteiger partial charge in [0.15, 0.2) is 0 Å². The first-order chi connectivity index (χ1) is 12.8. The molecule has 0 aromatic heterocycles. The van der Waals surface area contributed by atoms with E-state index in [0.717, 1.165) is 0 Å². The molecule has 1 unspecified atom stereocenters. The maximum atomic E-state index is 14.6. The minimum atomic E-state index is -1.23. The van der Waals surface area contributed by atoms with Crippen molar-refractivity contribution in [2.24, 2.45) is 0 Å². The van der Waals surface area contributed by atoms with Gasteiger partial charge in [0.2, 0.25) is 12.3 Å². The molecule has 0 spiro atoms. The van der Waals surface area contributed by atoms with Gasteiger partial charge in [0, 0.05) is 24.7 Å². The monoisotopic (exact) mass is 374 g/mol. The molecule has 3 N–H and O–H groups in total. The lowest BCUT2D eigenvalue weighted by Crippen LogP contribution is -2.33. The number of aliphatic hydroxyl groups is 1. The summed E-state index contributed by atoms with van der Waals surface area (Å²) in [5.74, 6) is -1.75. The number of halogens is 1. The molecular formula is C19H19FN2O5. The number of aliphatic hydroxyl groups excluding tert-OH is 1. The van der Waals surface area contributed by atoms with Crippen molar-refractivity contribution < 1.29 is 28.9 Å². The number of ether oxygens (including phenoxy) is 1. The van der Waals surface area contributed by atoms with Crippen LogP contribution in [0.1, 0.15) is 17.3 Å². The van der Waals surface area contributed by atoms with Crippen LogP contribution >= 0.6 is 0 Å². The van der Waals surface area contributed by atoms with Crippen LogP contribution in [0.5, 0.6) is 0 Å². The fraction of sp³-hybridized carbons (Fsp3) is 0.263. The highest BCUT2D eigenvalue weighted by Crippen LogP contribution is 2.30. The minimum Gasteiger partial charge on any atom is -0.478 e. The number of hydrogen-bond donors (Lipinski definition) is 3. The van der Waals surface area contributed by atoms with Gasteiger partial charge in [0.1, 0.15) is 5.82 Å². The predicted octanol–water partition coefficient (Wildman–Crippen LogP) is 1.81. The molecule has 0 bridgehead atoms. The Labute approximate surface area is 155 Å². The van der Waals surface area contributed by atoms with Crippen LogP contribution in [0.3, 0.4) is 0 Å². The number of benzene rings is 2. The van der Waals surface area contributed by atoms with Crippen LogP contribution < -0.4 is 10.2 Å². The Kier molecular flexibility index (Phi) is 5.38. The first kappa shape index (κ1) is 18.8. The zero-order valence-electron chi connectivity index (χ0n) is 14.6. The first-order valence-corrected chi connectivity index (χ1v) is 8.33. The number of carbonyl (C=O) groups excluding carboxylic acids is 1. The van der Waals surface area contributed by atoms with Gasteiger partial charge in [-0.3, -0.25) is 4.79 Å². The summed E-state index contributed by atoms with van der Waals surface area (Å²) in [6.07, 6.45) is -1.64. The van der Waals surface area contributed by atoms with Crippen LogP contribution in [-0.2, 0) is 9.53 Å². The molecule has 1 aliphatic rings. The van der Waals surface area contributed by atoms with Crippen molar-refractivity contribution in [1.82, 2.24) is 5.32 Å². The Morgan fingerprint density at radius 2 is 1.96 bits per heavy atom. The predicted molar refractivity (Wildman–Crippen MR) is 95.7 cm³/mol. The fourth-order valence-corrected chi connectivity index (χ4v) is 2.91. The highest BCUT2D eigenvalue weighted by Gasteiger charge is 2.32. The third-order valence-corrected chi connectivity index (χ3v) is 4.29. The van der Waals surface area contributed by atoms with E-state index < -0.39 is 24.3 Å². The van der Waals surface area contributed by atoms with Gasteiger partial charge in [-0.05, 0) is 35.9 Å². The molecule has 0 radical (unpaired) electrons. The summed E-state index contributed by atoms with van der Waals surface area (Å²) in [5.41, 5.74) is 1.43. The highest BCUT2D eigenvalue weighted by atomic mass is 19.1. The Bertz CT molecular complexity index is 856. The third kappa shape index (κ3) is 4.24. The maximum absolute atomic E-state index is 14.6. The molecular weight excluding hydrogens is 355 g/mol. The summed E-state index contributed by atoms with van der Waals surface area (Å²) >= 11 is 0. The quantitative estimate of drug-likeness (QED) is 0.738. The maximum Gasteiger partial charge on any atom is 0.335 e. The number of hydrogen-bond acceptors (Lipinski definition) is 5. The van der Waals surface area contributed by atoms with Crippen molar-refractivity contribution in [3.63, 3.8) is 0 Å². The van der Waals surface area contributed by atoms with Gasteiger partial charge in [0.05, 0.1) is 18.2 Å². The lowest BCUT2D eigenvalue weighted by atomic mass is 10.0. The van der Waals surface area contributed by atoms with E-state index in [1.165, 1.54) is 30.0 Å². The van der Waals surface area contributed by atoms with Crippen molar-refractivity contribution >= 4 is 17.6 Å². The highest BCUT2D eigenvalue weighted by molar-refractivity contribution is 5.88. The van der Waals surface area contributed by atoms with Crippen LogP contribution in [0.4, 0.5) is 10.1 Å². The molecule has 2 aromatic carbocycles. The average molecular weight is 374 g/mol. The number of nitrogens with one attached hydrogen (secondary N) is 1. The van der Waals surface area contributed by atoms with E-state index in [4.69, 9.17) is 9.84 Å². The minimum absolute atomic E-state index is 0.123. The van der Waals surface area contributed by atoms with Crippen molar-refractivity contribution in [2.75, 3.05) is 18.0 Å². The lowest BCUT2D eigenvalue weighted by molar-refractivity contribution is -0.121. The molecule has 3 rings (SSSR count). The smallest absolute Gasteiger partial charge is 0.335 e. The molecule has 1 amide bonds. The summed E-state index contributed by atoms with van der Waals surface area (Å²) in [6, 6.07) is 10.4. The Morgan fingerprint density at radius 3 is 2.56 bits per heavy atom. The number of rotatable bonds is 5. The van der Waals surface area contributed by atoms with E-state index in [1.54, 1.807) is 24.3 Å². The van der Waals surface area contributed by atoms with Crippen LogP contribution in [0.15, 0.2) is 42.5 Å².